The maximum atomic E-state index is 14.5. The van der Waals surface area contributed by atoms with E-state index >= 15 is 0 Å². The van der Waals surface area contributed by atoms with Crippen LogP contribution in [0.2, 0.25) is 0 Å². The molecule has 166 valence electrons. The zero-order valence-corrected chi connectivity index (χ0v) is 16.7. The van der Waals surface area contributed by atoms with Gasteiger partial charge in [-0.25, -0.2) is 14.2 Å². The average Bonchev–Trinajstić information content (AvgIpc) is 3.05. The van der Waals surface area contributed by atoms with Crippen LogP contribution < -0.4 is 9.80 Å². The Labute approximate surface area is 179 Å². The number of hydrogen-bond acceptors (Lipinski definition) is 6. The van der Waals surface area contributed by atoms with Gasteiger partial charge in [0, 0.05) is 5.69 Å². The van der Waals surface area contributed by atoms with Gasteiger partial charge in [0.05, 0.1) is 36.8 Å². The molecule has 1 amide bonds. The van der Waals surface area contributed by atoms with E-state index in [1.54, 1.807) is 4.90 Å². The van der Waals surface area contributed by atoms with Gasteiger partial charge < -0.3 is 9.64 Å². The Balaban J connectivity index is 1.73. The van der Waals surface area contributed by atoms with Gasteiger partial charge in [-0.2, -0.15) is 18.4 Å². The second-order valence-electron chi connectivity index (χ2n) is 7.54. The fraction of sp³-hybridized carbons (Fsp3) is 0.333. The largest absolute Gasteiger partial charge is 0.465 e. The van der Waals surface area contributed by atoms with Crippen LogP contribution in [0.3, 0.4) is 0 Å². The molecule has 0 radical (unpaired) electrons. The smallest absolute Gasteiger partial charge is 0.419 e. The number of anilines is 2. The highest BCUT2D eigenvalue weighted by Crippen LogP contribution is 2.47. The van der Waals surface area contributed by atoms with Crippen LogP contribution >= 0.6 is 0 Å². The third kappa shape index (κ3) is 3.23. The molecule has 32 heavy (non-hydrogen) atoms. The van der Waals surface area contributed by atoms with E-state index in [-0.39, 0.29) is 17.9 Å². The first-order chi connectivity index (χ1) is 15.1. The minimum Gasteiger partial charge on any atom is -0.465 e. The molecule has 1 saturated heterocycles. The first-order valence-electron chi connectivity index (χ1n) is 9.57. The van der Waals surface area contributed by atoms with Gasteiger partial charge in [0.15, 0.2) is 5.69 Å². The van der Waals surface area contributed by atoms with Crippen molar-refractivity contribution in [1.82, 2.24) is 4.98 Å². The number of benzene rings is 1. The van der Waals surface area contributed by atoms with Crippen molar-refractivity contribution in [2.75, 3.05) is 23.6 Å². The van der Waals surface area contributed by atoms with Gasteiger partial charge in [-0.1, -0.05) is 0 Å². The Morgan fingerprint density at radius 3 is 2.50 bits per heavy atom. The first-order valence-corrected chi connectivity index (χ1v) is 9.57. The van der Waals surface area contributed by atoms with E-state index in [2.05, 4.69) is 9.72 Å². The highest BCUT2D eigenvalue weighted by atomic mass is 19.4. The summed E-state index contributed by atoms with van der Waals surface area (Å²) in [5.74, 6) is -2.12. The number of carbonyl (C=O) groups excluding carboxylic acids is 2. The van der Waals surface area contributed by atoms with Crippen molar-refractivity contribution in [2.45, 2.75) is 31.0 Å². The molecule has 1 aliphatic carbocycles. The lowest BCUT2D eigenvalue weighted by molar-refractivity contribution is -0.138. The number of aromatic nitrogens is 1. The molecule has 1 aliphatic heterocycles. The second kappa shape index (κ2) is 7.47. The lowest BCUT2D eigenvalue weighted by atomic mass is 9.75. The number of nitrogens with zero attached hydrogens (tertiary/aromatic N) is 4. The number of alkyl halides is 3. The van der Waals surface area contributed by atoms with E-state index in [4.69, 9.17) is 5.26 Å². The van der Waals surface area contributed by atoms with E-state index in [0.717, 1.165) is 36.8 Å². The molecule has 2 aliphatic rings. The molecular formula is C21H16F4N4O3. The van der Waals surface area contributed by atoms with Crippen LogP contribution in [0.5, 0.6) is 0 Å². The summed E-state index contributed by atoms with van der Waals surface area (Å²) < 4.78 is 59.1. The third-order valence-electron chi connectivity index (χ3n) is 5.89. The topological polar surface area (TPSA) is 86.5 Å². The van der Waals surface area contributed by atoms with Crippen LogP contribution in [0.1, 0.15) is 40.9 Å². The maximum Gasteiger partial charge on any atom is 0.419 e. The number of amides is 1. The fourth-order valence-electron chi connectivity index (χ4n) is 4.08. The summed E-state index contributed by atoms with van der Waals surface area (Å²) in [6.45, 7) is -0.138. The summed E-state index contributed by atoms with van der Waals surface area (Å²) in [7, 11) is 1.12. The Morgan fingerprint density at radius 2 is 1.97 bits per heavy atom. The van der Waals surface area contributed by atoms with Crippen LogP contribution in [0.25, 0.3) is 0 Å². The summed E-state index contributed by atoms with van der Waals surface area (Å²) in [4.78, 5) is 31.3. The van der Waals surface area contributed by atoms with Crippen molar-refractivity contribution in [3.05, 3.63) is 53.1 Å². The highest BCUT2D eigenvalue weighted by molar-refractivity contribution is 6.06. The number of ether oxygens (including phenoxy) is 1. The van der Waals surface area contributed by atoms with E-state index in [9.17, 15) is 27.2 Å². The zero-order valence-electron chi connectivity index (χ0n) is 16.7. The van der Waals surface area contributed by atoms with Crippen molar-refractivity contribution >= 4 is 23.3 Å². The molecule has 4 rings (SSSR count). The van der Waals surface area contributed by atoms with Crippen LogP contribution in [-0.4, -0.2) is 36.2 Å². The quantitative estimate of drug-likeness (QED) is 0.527. The maximum absolute atomic E-state index is 14.5. The second-order valence-corrected chi connectivity index (χ2v) is 7.54. The zero-order chi connectivity index (χ0) is 23.3. The molecule has 2 heterocycles. The van der Waals surface area contributed by atoms with Gasteiger partial charge in [-0.05, 0) is 43.5 Å². The Morgan fingerprint density at radius 1 is 1.25 bits per heavy atom. The van der Waals surface area contributed by atoms with Gasteiger partial charge >= 0.3 is 12.1 Å². The lowest BCUT2D eigenvalue weighted by Crippen LogP contribution is -2.54. The van der Waals surface area contributed by atoms with E-state index in [1.807, 2.05) is 0 Å². The standard InChI is InChI=1S/C21H16F4N4O3/c1-32-18(30)14-4-3-12(8-16(14)22)29-11-28(19(31)20(29)5-2-6-20)13-7-15(21(23,24)25)17(9-26)27-10-13/h3-4,7-8,10H,2,5-6,11H2,1H3. The van der Waals surface area contributed by atoms with Crippen LogP contribution in [0.4, 0.5) is 28.9 Å². The molecule has 2 fully saturated rings. The number of rotatable bonds is 3. The lowest BCUT2D eigenvalue weighted by Gasteiger charge is -2.43. The van der Waals surface area contributed by atoms with Crippen molar-refractivity contribution in [3.8, 4) is 6.07 Å². The summed E-state index contributed by atoms with van der Waals surface area (Å²) >= 11 is 0. The van der Waals surface area contributed by atoms with Crippen LogP contribution in [0.15, 0.2) is 30.5 Å². The van der Waals surface area contributed by atoms with Gasteiger partial charge in [0.25, 0.3) is 5.91 Å². The molecule has 11 heteroatoms. The molecule has 7 nitrogen and oxygen atoms in total. The molecular weight excluding hydrogens is 432 g/mol. The first kappa shape index (κ1) is 21.5. The average molecular weight is 448 g/mol. The number of hydrogen-bond donors (Lipinski definition) is 0. The highest BCUT2D eigenvalue weighted by Gasteiger charge is 2.57. The van der Waals surface area contributed by atoms with E-state index in [1.165, 1.54) is 18.2 Å². The number of carbonyl (C=O) groups is 2. The molecule has 1 aromatic heterocycles. The molecule has 0 bridgehead atoms. The molecule has 1 saturated carbocycles. The van der Waals surface area contributed by atoms with Crippen LogP contribution in [0, 0.1) is 17.1 Å². The predicted molar refractivity (Wildman–Crippen MR) is 103 cm³/mol. The Bertz CT molecular complexity index is 1150. The predicted octanol–water partition coefficient (Wildman–Crippen LogP) is 3.63. The van der Waals surface area contributed by atoms with Crippen LogP contribution in [-0.2, 0) is 15.7 Å². The third-order valence-corrected chi connectivity index (χ3v) is 5.89. The normalized spacial score (nSPS) is 17.3. The number of nitriles is 1. The number of pyridine rings is 1. The van der Waals surface area contributed by atoms with E-state index < -0.39 is 40.7 Å². The molecule has 0 atom stereocenters. The number of methoxy groups -OCH3 is 1. The molecule has 1 aromatic carbocycles. The summed E-state index contributed by atoms with van der Waals surface area (Å²) in [6.07, 6.45) is -2.17. The van der Waals surface area contributed by atoms with E-state index in [0.29, 0.717) is 18.5 Å². The Kier molecular flexibility index (Phi) is 5.03. The SMILES string of the molecule is COC(=O)c1ccc(N2CN(c3cnc(C#N)c(C(F)(F)F)c3)C(=O)C23CCC3)cc1F. The van der Waals surface area contributed by atoms with Crippen molar-refractivity contribution in [2.24, 2.45) is 0 Å². The molecule has 2 aromatic rings. The molecule has 0 unspecified atom stereocenters. The molecule has 1 spiro atoms. The van der Waals surface area contributed by atoms with Crippen molar-refractivity contribution in [1.29, 1.82) is 5.26 Å². The van der Waals surface area contributed by atoms with Gasteiger partial charge in [0.2, 0.25) is 0 Å². The summed E-state index contributed by atoms with van der Waals surface area (Å²) in [5, 5.41) is 8.95. The van der Waals surface area contributed by atoms with Crippen molar-refractivity contribution in [3.63, 3.8) is 0 Å². The number of esters is 1. The minimum absolute atomic E-state index is 0.109. The fourth-order valence-corrected chi connectivity index (χ4v) is 4.08. The summed E-state index contributed by atoms with van der Waals surface area (Å²) in [6, 6.07) is 5.93. The number of halogens is 4. The monoisotopic (exact) mass is 448 g/mol. The van der Waals surface area contributed by atoms with Gasteiger partial charge in [-0.3, -0.25) is 9.69 Å². The van der Waals surface area contributed by atoms with Crippen molar-refractivity contribution < 1.29 is 31.9 Å². The van der Waals surface area contributed by atoms with Gasteiger partial charge in [-0.15, -0.1) is 0 Å². The molecule has 0 N–H and O–H groups in total. The van der Waals surface area contributed by atoms with Gasteiger partial charge in [0.1, 0.15) is 17.4 Å². The Hall–Kier alpha value is -3.68. The summed E-state index contributed by atoms with van der Waals surface area (Å²) in [5.41, 5.74) is -3.12. The minimum atomic E-state index is -4.82.